The summed E-state index contributed by atoms with van der Waals surface area (Å²) in [7, 11) is 3.24. The van der Waals surface area contributed by atoms with E-state index < -0.39 is 0 Å². The second-order valence-electron chi connectivity index (χ2n) is 6.00. The third kappa shape index (κ3) is 2.73. The molecular weight excluding hydrogens is 322 g/mol. The zero-order valence-electron chi connectivity index (χ0n) is 14.1. The number of anilines is 1. The number of amides is 1. The molecule has 130 valence electrons. The van der Waals surface area contributed by atoms with Gasteiger partial charge in [0.15, 0.2) is 11.5 Å². The van der Waals surface area contributed by atoms with Crippen LogP contribution in [0, 0.1) is 0 Å². The van der Waals surface area contributed by atoms with Gasteiger partial charge in [-0.25, -0.2) is 0 Å². The van der Waals surface area contributed by atoms with Gasteiger partial charge in [-0.1, -0.05) is 0 Å². The van der Waals surface area contributed by atoms with E-state index in [4.69, 9.17) is 18.9 Å². The van der Waals surface area contributed by atoms with Gasteiger partial charge in [0.1, 0.15) is 24.7 Å². The topological polar surface area (TPSA) is 66.0 Å². The number of ether oxygens (including phenoxy) is 4. The molecule has 1 amide bonds. The second kappa shape index (κ2) is 6.20. The van der Waals surface area contributed by atoms with Crippen molar-refractivity contribution in [3.8, 4) is 23.0 Å². The van der Waals surface area contributed by atoms with Crippen molar-refractivity contribution in [3.63, 3.8) is 0 Å². The minimum atomic E-state index is -0.148. The molecule has 0 saturated heterocycles. The molecular formula is C19H19NO5. The van der Waals surface area contributed by atoms with Crippen molar-refractivity contribution in [2.75, 3.05) is 32.8 Å². The van der Waals surface area contributed by atoms with Crippen LogP contribution < -0.4 is 24.3 Å². The smallest absolute Gasteiger partial charge is 0.225 e. The van der Waals surface area contributed by atoms with Crippen LogP contribution in [0.2, 0.25) is 0 Å². The fourth-order valence-electron chi connectivity index (χ4n) is 3.39. The molecule has 0 aromatic heterocycles. The van der Waals surface area contributed by atoms with Gasteiger partial charge in [-0.15, -0.1) is 0 Å². The van der Waals surface area contributed by atoms with Gasteiger partial charge in [-0.3, -0.25) is 4.79 Å². The molecule has 0 radical (unpaired) electrons. The van der Waals surface area contributed by atoms with E-state index in [9.17, 15) is 4.79 Å². The number of benzene rings is 2. The molecule has 1 atom stereocenters. The summed E-state index contributed by atoms with van der Waals surface area (Å²) in [5, 5.41) is 2.93. The SMILES string of the molecule is COc1ccc(OC)c(C2CC(=O)Nc3cc4c(cc32)OCCO4)c1. The Kier molecular flexibility index (Phi) is 3.87. The summed E-state index contributed by atoms with van der Waals surface area (Å²) in [5.41, 5.74) is 2.64. The number of hydrogen-bond acceptors (Lipinski definition) is 5. The van der Waals surface area contributed by atoms with Crippen LogP contribution in [-0.2, 0) is 4.79 Å². The molecule has 4 rings (SSSR count). The van der Waals surface area contributed by atoms with Crippen molar-refractivity contribution < 1.29 is 23.7 Å². The van der Waals surface area contributed by atoms with Crippen LogP contribution in [0.15, 0.2) is 30.3 Å². The van der Waals surface area contributed by atoms with E-state index in [1.807, 2.05) is 30.3 Å². The zero-order valence-corrected chi connectivity index (χ0v) is 14.1. The Labute approximate surface area is 145 Å². The van der Waals surface area contributed by atoms with Crippen LogP contribution in [0.25, 0.3) is 0 Å². The lowest BCUT2D eigenvalue weighted by atomic mass is 9.84. The number of carbonyl (C=O) groups is 1. The summed E-state index contributed by atoms with van der Waals surface area (Å²) in [5.74, 6) is 2.61. The summed E-state index contributed by atoms with van der Waals surface area (Å²) in [4.78, 5) is 12.3. The highest BCUT2D eigenvalue weighted by atomic mass is 16.6. The molecule has 2 aromatic rings. The average Bonchev–Trinajstić information content (AvgIpc) is 2.65. The van der Waals surface area contributed by atoms with Gasteiger partial charge in [0, 0.05) is 29.7 Å². The molecule has 0 saturated carbocycles. The first-order chi connectivity index (χ1) is 12.2. The zero-order chi connectivity index (χ0) is 17.4. The average molecular weight is 341 g/mol. The number of nitrogens with one attached hydrogen (secondary N) is 1. The molecule has 2 aliphatic rings. The van der Waals surface area contributed by atoms with Crippen molar-refractivity contribution in [2.24, 2.45) is 0 Å². The minimum absolute atomic E-state index is 0.0425. The molecule has 2 heterocycles. The number of rotatable bonds is 3. The molecule has 2 aromatic carbocycles. The molecule has 2 aliphatic heterocycles. The van der Waals surface area contributed by atoms with E-state index in [0.29, 0.717) is 31.1 Å². The van der Waals surface area contributed by atoms with Gasteiger partial charge in [-0.05, 0) is 29.8 Å². The minimum Gasteiger partial charge on any atom is -0.497 e. The largest absolute Gasteiger partial charge is 0.497 e. The molecule has 0 aliphatic carbocycles. The second-order valence-corrected chi connectivity index (χ2v) is 6.00. The Morgan fingerprint density at radius 2 is 1.76 bits per heavy atom. The molecule has 0 bridgehead atoms. The van der Waals surface area contributed by atoms with Crippen LogP contribution >= 0.6 is 0 Å². The maximum absolute atomic E-state index is 12.3. The van der Waals surface area contributed by atoms with Crippen LogP contribution in [-0.4, -0.2) is 33.3 Å². The quantitative estimate of drug-likeness (QED) is 0.930. The number of fused-ring (bicyclic) bond motifs is 2. The highest BCUT2D eigenvalue weighted by Crippen LogP contribution is 2.46. The van der Waals surface area contributed by atoms with Gasteiger partial charge in [0.05, 0.1) is 14.2 Å². The van der Waals surface area contributed by atoms with Crippen LogP contribution in [0.3, 0.4) is 0 Å². The summed E-state index contributed by atoms with van der Waals surface area (Å²) >= 11 is 0. The van der Waals surface area contributed by atoms with Gasteiger partial charge >= 0.3 is 0 Å². The predicted octanol–water partition coefficient (Wildman–Crippen LogP) is 2.95. The molecule has 25 heavy (non-hydrogen) atoms. The summed E-state index contributed by atoms with van der Waals surface area (Å²) in [6, 6.07) is 9.41. The third-order valence-corrected chi connectivity index (χ3v) is 4.57. The maximum atomic E-state index is 12.3. The lowest BCUT2D eigenvalue weighted by Gasteiger charge is -2.29. The lowest BCUT2D eigenvalue weighted by Crippen LogP contribution is -2.25. The first-order valence-electron chi connectivity index (χ1n) is 8.15. The first-order valence-corrected chi connectivity index (χ1v) is 8.15. The van der Waals surface area contributed by atoms with Gasteiger partial charge in [0.2, 0.25) is 5.91 Å². The lowest BCUT2D eigenvalue weighted by molar-refractivity contribution is -0.116. The van der Waals surface area contributed by atoms with E-state index in [2.05, 4.69) is 5.32 Å². The Morgan fingerprint density at radius 1 is 1.00 bits per heavy atom. The van der Waals surface area contributed by atoms with Crippen LogP contribution in [0.5, 0.6) is 23.0 Å². The Bertz CT molecular complexity index is 833. The normalized spacial score (nSPS) is 18.2. The Balaban J connectivity index is 1.86. The number of methoxy groups -OCH3 is 2. The number of carbonyl (C=O) groups excluding carboxylic acids is 1. The van der Waals surface area contributed by atoms with Gasteiger partial charge < -0.3 is 24.3 Å². The third-order valence-electron chi connectivity index (χ3n) is 4.57. The van der Waals surface area contributed by atoms with Crippen LogP contribution in [0.4, 0.5) is 5.69 Å². The highest BCUT2D eigenvalue weighted by Gasteiger charge is 2.31. The van der Waals surface area contributed by atoms with Crippen molar-refractivity contribution in [3.05, 3.63) is 41.5 Å². The molecule has 1 unspecified atom stereocenters. The van der Waals surface area contributed by atoms with Crippen molar-refractivity contribution in [1.29, 1.82) is 0 Å². The Morgan fingerprint density at radius 3 is 2.48 bits per heavy atom. The van der Waals surface area contributed by atoms with Crippen molar-refractivity contribution >= 4 is 11.6 Å². The summed E-state index contributed by atoms with van der Waals surface area (Å²) < 4.78 is 22.2. The maximum Gasteiger partial charge on any atom is 0.225 e. The van der Waals surface area contributed by atoms with Crippen LogP contribution in [0.1, 0.15) is 23.5 Å². The van der Waals surface area contributed by atoms with Gasteiger partial charge in [-0.2, -0.15) is 0 Å². The molecule has 0 spiro atoms. The standard InChI is InChI=1S/C19H19NO5/c1-22-11-3-4-16(23-2)14(7-11)12-9-19(21)20-15-10-18-17(8-13(12)15)24-5-6-25-18/h3-4,7-8,10,12H,5-6,9H2,1-2H3,(H,20,21). The van der Waals surface area contributed by atoms with E-state index in [1.54, 1.807) is 14.2 Å². The monoisotopic (exact) mass is 341 g/mol. The van der Waals surface area contributed by atoms with E-state index in [1.165, 1.54) is 0 Å². The first kappa shape index (κ1) is 15.6. The van der Waals surface area contributed by atoms with E-state index in [0.717, 1.165) is 28.3 Å². The molecule has 1 N–H and O–H groups in total. The van der Waals surface area contributed by atoms with Crippen molar-refractivity contribution in [1.82, 2.24) is 0 Å². The van der Waals surface area contributed by atoms with E-state index in [-0.39, 0.29) is 11.8 Å². The van der Waals surface area contributed by atoms with E-state index >= 15 is 0 Å². The Hall–Kier alpha value is -2.89. The molecule has 6 nitrogen and oxygen atoms in total. The summed E-state index contributed by atoms with van der Waals surface area (Å²) in [6.45, 7) is 1.03. The summed E-state index contributed by atoms with van der Waals surface area (Å²) in [6.07, 6.45) is 0.330. The molecule has 0 fully saturated rings. The highest BCUT2D eigenvalue weighted by molar-refractivity contribution is 5.96. The fraction of sp³-hybridized carbons (Fsp3) is 0.316. The van der Waals surface area contributed by atoms with Gasteiger partial charge in [0.25, 0.3) is 0 Å². The fourth-order valence-corrected chi connectivity index (χ4v) is 3.39. The number of hydrogen-bond donors (Lipinski definition) is 1. The molecule has 6 heteroatoms. The van der Waals surface area contributed by atoms with Crippen molar-refractivity contribution in [2.45, 2.75) is 12.3 Å². The predicted molar refractivity (Wildman–Crippen MR) is 92.1 cm³/mol.